The fourth-order valence-corrected chi connectivity index (χ4v) is 5.30. The lowest BCUT2D eigenvalue weighted by atomic mass is 9.98. The van der Waals surface area contributed by atoms with Crippen LogP contribution >= 0.6 is 0 Å². The molecule has 6 nitrogen and oxygen atoms in total. The monoisotopic (exact) mass is 562 g/mol. The van der Waals surface area contributed by atoms with E-state index in [1.165, 1.54) is 18.2 Å². The maximum absolute atomic E-state index is 14.7. The molecule has 0 spiro atoms. The van der Waals surface area contributed by atoms with Crippen molar-refractivity contribution in [3.63, 3.8) is 0 Å². The van der Waals surface area contributed by atoms with Crippen molar-refractivity contribution in [3.8, 4) is 0 Å². The number of rotatable bonds is 7. The number of nitrogens with one attached hydrogen (secondary N) is 1. The molecule has 2 amide bonds. The third kappa shape index (κ3) is 5.97. The summed E-state index contributed by atoms with van der Waals surface area (Å²) in [6.45, 7) is -0.472. The van der Waals surface area contributed by atoms with Gasteiger partial charge in [0.1, 0.15) is 11.9 Å². The van der Waals surface area contributed by atoms with E-state index in [0.29, 0.717) is 25.0 Å². The second-order valence-corrected chi connectivity index (χ2v) is 11.7. The van der Waals surface area contributed by atoms with Crippen molar-refractivity contribution < 1.29 is 44.3 Å². The van der Waals surface area contributed by atoms with E-state index in [1.54, 1.807) is 0 Å². The van der Waals surface area contributed by atoms with Gasteiger partial charge in [-0.05, 0) is 55.5 Å². The molecule has 2 aliphatic rings. The maximum Gasteiger partial charge on any atom is 0.416 e. The Bertz CT molecular complexity index is 1340. The number of carbonyl (C=O) groups excluding carboxylic acids is 2. The molecule has 13 heteroatoms. The number of benzene rings is 2. The average Bonchev–Trinajstić information content (AvgIpc) is 3.57. The molecule has 3 atom stereocenters. The van der Waals surface area contributed by atoms with Gasteiger partial charge in [-0.2, -0.15) is 13.2 Å². The van der Waals surface area contributed by atoms with E-state index in [9.17, 15) is 44.3 Å². The molecule has 38 heavy (non-hydrogen) atoms. The summed E-state index contributed by atoms with van der Waals surface area (Å²) in [5.74, 6) is -4.46. The Morgan fingerprint density at radius 1 is 1.05 bits per heavy atom. The Balaban J connectivity index is 1.61. The number of likely N-dealkylation sites (tertiary alicyclic amines) is 1. The zero-order valence-corrected chi connectivity index (χ0v) is 20.8. The predicted octanol–water partition coefficient (Wildman–Crippen LogP) is 4.61. The van der Waals surface area contributed by atoms with E-state index in [4.69, 9.17) is 0 Å². The minimum Gasteiger partial charge on any atom is -0.347 e. The molecule has 206 valence electrons. The first-order valence-corrected chi connectivity index (χ1v) is 13.6. The molecule has 0 unspecified atom stereocenters. The first kappa shape index (κ1) is 27.9. The van der Waals surface area contributed by atoms with Crippen molar-refractivity contribution in [1.29, 1.82) is 0 Å². The first-order chi connectivity index (χ1) is 17.7. The summed E-state index contributed by atoms with van der Waals surface area (Å²) in [6.07, 6.45) is -5.94. The third-order valence-electron chi connectivity index (χ3n) is 6.82. The summed E-state index contributed by atoms with van der Waals surface area (Å²) in [6, 6.07) is 4.56. The molecule has 1 aliphatic carbocycles. The minimum absolute atomic E-state index is 0.117. The van der Waals surface area contributed by atoms with Crippen molar-refractivity contribution in [2.24, 2.45) is 11.8 Å². The van der Waals surface area contributed by atoms with Crippen LogP contribution in [0.25, 0.3) is 0 Å². The SMILES string of the molecule is CS(=O)(=O)c1cccc(C(=O)N2C[C@H](C(F)F)C[C@@H]2C(=O)N[C@@H](c2ccc(C(F)(F)F)cc2F)C2CC2)c1. The molecule has 1 saturated carbocycles. The predicted molar refractivity (Wildman–Crippen MR) is 123 cm³/mol. The van der Waals surface area contributed by atoms with Gasteiger partial charge >= 0.3 is 6.18 Å². The van der Waals surface area contributed by atoms with Crippen molar-refractivity contribution in [1.82, 2.24) is 10.2 Å². The molecule has 2 aromatic rings. The Hall–Kier alpha value is -3.09. The molecule has 0 bridgehead atoms. The van der Waals surface area contributed by atoms with Crippen LogP contribution in [0.5, 0.6) is 0 Å². The van der Waals surface area contributed by atoms with Crippen LogP contribution in [-0.2, 0) is 20.8 Å². The van der Waals surface area contributed by atoms with Gasteiger partial charge in [0.2, 0.25) is 12.3 Å². The van der Waals surface area contributed by atoms with Crippen LogP contribution in [0.15, 0.2) is 47.4 Å². The number of sulfone groups is 1. The van der Waals surface area contributed by atoms with Gasteiger partial charge in [-0.1, -0.05) is 12.1 Å². The van der Waals surface area contributed by atoms with Crippen LogP contribution in [0.1, 0.15) is 46.8 Å². The Labute approximate surface area is 214 Å². The van der Waals surface area contributed by atoms with E-state index in [-0.39, 0.29) is 21.9 Å². The van der Waals surface area contributed by atoms with Crippen molar-refractivity contribution >= 4 is 21.7 Å². The number of nitrogens with zero attached hydrogens (tertiary/aromatic N) is 1. The fraction of sp³-hybridized carbons (Fsp3) is 0.440. The lowest BCUT2D eigenvalue weighted by Gasteiger charge is -2.27. The summed E-state index contributed by atoms with van der Waals surface area (Å²) < 4.78 is 105. The van der Waals surface area contributed by atoms with Gasteiger partial charge in [-0.25, -0.2) is 21.6 Å². The van der Waals surface area contributed by atoms with Gasteiger partial charge in [0.25, 0.3) is 5.91 Å². The molecular formula is C25H24F6N2O4S. The summed E-state index contributed by atoms with van der Waals surface area (Å²) in [5, 5.41) is 2.57. The molecule has 1 N–H and O–H groups in total. The first-order valence-electron chi connectivity index (χ1n) is 11.7. The van der Waals surface area contributed by atoms with Crippen molar-refractivity contribution in [2.45, 2.75) is 48.8 Å². The lowest BCUT2D eigenvalue weighted by Crippen LogP contribution is -2.47. The normalized spacial score (nSPS) is 21.0. The molecule has 0 aromatic heterocycles. The van der Waals surface area contributed by atoms with Gasteiger partial charge in [0, 0.05) is 29.8 Å². The average molecular weight is 563 g/mol. The fourth-order valence-electron chi connectivity index (χ4n) is 4.63. The smallest absolute Gasteiger partial charge is 0.347 e. The van der Waals surface area contributed by atoms with Crippen LogP contribution in [0.3, 0.4) is 0 Å². The molecule has 2 fully saturated rings. The van der Waals surface area contributed by atoms with E-state index < -0.39 is 76.6 Å². The Morgan fingerprint density at radius 3 is 2.29 bits per heavy atom. The molecule has 1 aliphatic heterocycles. The third-order valence-corrected chi connectivity index (χ3v) is 7.93. The highest BCUT2D eigenvalue weighted by molar-refractivity contribution is 7.90. The topological polar surface area (TPSA) is 83.6 Å². The number of hydrogen-bond acceptors (Lipinski definition) is 4. The summed E-state index contributed by atoms with van der Waals surface area (Å²) in [5.41, 5.74) is -1.48. The number of hydrogen-bond donors (Lipinski definition) is 1. The van der Waals surface area contributed by atoms with Crippen LogP contribution < -0.4 is 5.32 Å². The summed E-state index contributed by atoms with van der Waals surface area (Å²) in [7, 11) is -3.68. The van der Waals surface area contributed by atoms with Crippen LogP contribution in [-0.4, -0.2) is 50.4 Å². The lowest BCUT2D eigenvalue weighted by molar-refractivity contribution is -0.137. The van der Waals surface area contributed by atoms with E-state index in [0.717, 1.165) is 23.3 Å². The molecule has 1 saturated heterocycles. The van der Waals surface area contributed by atoms with Gasteiger partial charge in [0.05, 0.1) is 16.5 Å². The molecule has 0 radical (unpaired) electrons. The second kappa shape index (κ2) is 10.2. The Kier molecular flexibility index (Phi) is 7.52. The quantitative estimate of drug-likeness (QED) is 0.500. The van der Waals surface area contributed by atoms with Gasteiger partial charge in [0.15, 0.2) is 9.84 Å². The van der Waals surface area contributed by atoms with Gasteiger partial charge < -0.3 is 10.2 Å². The molecule has 2 aromatic carbocycles. The highest BCUT2D eigenvalue weighted by Crippen LogP contribution is 2.43. The highest BCUT2D eigenvalue weighted by Gasteiger charge is 2.45. The summed E-state index contributed by atoms with van der Waals surface area (Å²) >= 11 is 0. The number of amides is 2. The zero-order chi connectivity index (χ0) is 28.0. The van der Waals surface area contributed by atoms with Crippen LogP contribution in [0.2, 0.25) is 0 Å². The molecule has 4 rings (SSSR count). The van der Waals surface area contributed by atoms with Gasteiger partial charge in [-0.15, -0.1) is 0 Å². The second-order valence-electron chi connectivity index (χ2n) is 9.66. The number of halogens is 6. The molecular weight excluding hydrogens is 538 g/mol. The van der Waals surface area contributed by atoms with Gasteiger partial charge in [-0.3, -0.25) is 9.59 Å². The van der Waals surface area contributed by atoms with Crippen molar-refractivity contribution in [2.75, 3.05) is 12.8 Å². The van der Waals surface area contributed by atoms with E-state index in [2.05, 4.69) is 5.32 Å². The van der Waals surface area contributed by atoms with Crippen LogP contribution in [0.4, 0.5) is 26.3 Å². The van der Waals surface area contributed by atoms with Crippen molar-refractivity contribution in [3.05, 3.63) is 65.0 Å². The number of carbonyl (C=O) groups is 2. The number of alkyl halides is 5. The van der Waals surface area contributed by atoms with E-state index >= 15 is 0 Å². The zero-order valence-electron chi connectivity index (χ0n) is 20.0. The highest BCUT2D eigenvalue weighted by atomic mass is 32.2. The Morgan fingerprint density at radius 2 is 1.74 bits per heavy atom. The standard InChI is InChI=1S/C25H24F6N2O4S/c1-38(36,37)17-4-2-3-14(9-17)24(35)33-12-15(22(27)28)10-20(33)23(34)32-21(13-5-6-13)18-8-7-16(11-19(18)26)25(29,30)31/h2-4,7-9,11,13,15,20-22H,5-6,10,12H2,1H3,(H,32,34)/t15-,20-,21-/m1/s1. The summed E-state index contributed by atoms with van der Waals surface area (Å²) in [4.78, 5) is 27.3. The van der Waals surface area contributed by atoms with E-state index in [1.807, 2.05) is 0 Å². The largest absolute Gasteiger partial charge is 0.416 e. The van der Waals surface area contributed by atoms with Crippen LogP contribution in [0, 0.1) is 17.7 Å². The minimum atomic E-state index is -4.76. The maximum atomic E-state index is 14.7. The molecule has 1 heterocycles.